The van der Waals surface area contributed by atoms with Crippen molar-refractivity contribution in [2.75, 3.05) is 0 Å². The number of nitrogens with zero attached hydrogens (tertiary/aromatic N) is 3. The maximum Gasteiger partial charge on any atom is 0.251 e. The van der Waals surface area contributed by atoms with Gasteiger partial charge in [-0.25, -0.2) is 4.98 Å². The highest BCUT2D eigenvalue weighted by Crippen LogP contribution is 2.09. The summed E-state index contributed by atoms with van der Waals surface area (Å²) in [7, 11) is 0. The Balaban J connectivity index is 1.64. The monoisotopic (exact) mass is 279 g/mol. The van der Waals surface area contributed by atoms with Crippen molar-refractivity contribution >= 4 is 5.91 Å². The fourth-order valence-corrected chi connectivity index (χ4v) is 1.84. The average molecular weight is 279 g/mol. The van der Waals surface area contributed by atoms with Gasteiger partial charge in [0.25, 0.3) is 5.91 Å². The van der Waals surface area contributed by atoms with E-state index in [1.54, 1.807) is 18.3 Å². The van der Waals surface area contributed by atoms with Crippen LogP contribution < -0.4 is 5.32 Å². The molecule has 0 saturated carbocycles. The van der Waals surface area contributed by atoms with Gasteiger partial charge >= 0.3 is 0 Å². The minimum atomic E-state index is -0.147. The summed E-state index contributed by atoms with van der Waals surface area (Å²) in [6.45, 7) is 0.285. The average Bonchev–Trinajstić information content (AvgIpc) is 3.03. The number of aromatic nitrogens is 4. The molecule has 1 amide bonds. The largest absolute Gasteiger partial charge is 0.345 e. The summed E-state index contributed by atoms with van der Waals surface area (Å²) in [5.41, 5.74) is 1.30. The third kappa shape index (κ3) is 3.11. The number of benzene rings is 1. The first kappa shape index (κ1) is 13.0. The summed E-state index contributed by atoms with van der Waals surface area (Å²) in [6.07, 6.45) is 1.68. The highest BCUT2D eigenvalue weighted by molar-refractivity contribution is 5.93. The summed E-state index contributed by atoms with van der Waals surface area (Å²) in [4.78, 5) is 20.4. The Morgan fingerprint density at radius 1 is 1.10 bits per heavy atom. The van der Waals surface area contributed by atoms with E-state index < -0.39 is 0 Å². The van der Waals surface area contributed by atoms with Crippen molar-refractivity contribution in [2.24, 2.45) is 0 Å². The second-order valence-electron chi connectivity index (χ2n) is 4.37. The Kier molecular flexibility index (Phi) is 3.68. The predicted octanol–water partition coefficient (Wildman–Crippen LogP) is 1.80. The second-order valence-corrected chi connectivity index (χ2v) is 4.37. The van der Waals surface area contributed by atoms with Crippen LogP contribution in [0.1, 0.15) is 16.2 Å². The zero-order valence-corrected chi connectivity index (χ0v) is 11.2. The lowest BCUT2D eigenvalue weighted by Crippen LogP contribution is -2.23. The first-order valence-corrected chi connectivity index (χ1v) is 6.49. The normalized spacial score (nSPS) is 10.3. The highest BCUT2D eigenvalue weighted by Gasteiger charge is 2.08. The topological polar surface area (TPSA) is 83.6 Å². The molecule has 1 aromatic carbocycles. The molecule has 104 valence electrons. The van der Waals surface area contributed by atoms with Crippen molar-refractivity contribution in [3.63, 3.8) is 0 Å². The molecule has 0 atom stereocenters. The van der Waals surface area contributed by atoms with Crippen LogP contribution in [0.5, 0.6) is 0 Å². The van der Waals surface area contributed by atoms with Gasteiger partial charge in [-0.15, -0.1) is 0 Å². The SMILES string of the molecule is O=C(NCc1nc(-c2ccccn2)n[nH]1)c1ccccc1. The van der Waals surface area contributed by atoms with E-state index >= 15 is 0 Å². The lowest BCUT2D eigenvalue weighted by atomic mass is 10.2. The maximum atomic E-state index is 11.9. The van der Waals surface area contributed by atoms with Crippen LogP contribution in [-0.2, 0) is 6.54 Å². The number of carbonyl (C=O) groups is 1. The molecule has 0 fully saturated rings. The van der Waals surface area contributed by atoms with Gasteiger partial charge < -0.3 is 5.32 Å². The van der Waals surface area contributed by atoms with E-state index in [4.69, 9.17) is 0 Å². The third-order valence-corrected chi connectivity index (χ3v) is 2.88. The number of H-pyrrole nitrogens is 1. The lowest BCUT2D eigenvalue weighted by Gasteiger charge is -2.02. The van der Waals surface area contributed by atoms with Gasteiger partial charge in [0.15, 0.2) is 5.82 Å². The van der Waals surface area contributed by atoms with Crippen molar-refractivity contribution in [2.45, 2.75) is 6.54 Å². The number of pyridine rings is 1. The molecule has 6 heteroatoms. The summed E-state index contributed by atoms with van der Waals surface area (Å²) >= 11 is 0. The number of nitrogens with one attached hydrogen (secondary N) is 2. The fraction of sp³-hybridized carbons (Fsp3) is 0.0667. The molecule has 3 rings (SSSR count). The predicted molar refractivity (Wildman–Crippen MR) is 77.2 cm³/mol. The van der Waals surface area contributed by atoms with Crippen LogP contribution >= 0.6 is 0 Å². The van der Waals surface area contributed by atoms with E-state index in [0.717, 1.165) is 0 Å². The van der Waals surface area contributed by atoms with Crippen LogP contribution in [0.4, 0.5) is 0 Å². The van der Waals surface area contributed by atoms with E-state index in [0.29, 0.717) is 22.9 Å². The molecule has 3 aromatic rings. The number of amides is 1. The van der Waals surface area contributed by atoms with Gasteiger partial charge in [0.1, 0.15) is 11.5 Å². The van der Waals surface area contributed by atoms with Crippen molar-refractivity contribution in [1.29, 1.82) is 0 Å². The van der Waals surface area contributed by atoms with E-state index in [2.05, 4.69) is 25.5 Å². The molecule has 0 radical (unpaired) electrons. The molecular formula is C15H13N5O. The number of aromatic amines is 1. The zero-order chi connectivity index (χ0) is 14.5. The molecule has 0 unspecified atom stereocenters. The molecule has 2 heterocycles. The van der Waals surface area contributed by atoms with Crippen molar-refractivity contribution in [3.8, 4) is 11.5 Å². The van der Waals surface area contributed by atoms with E-state index in [1.165, 1.54) is 0 Å². The van der Waals surface area contributed by atoms with Gasteiger partial charge in [0.05, 0.1) is 6.54 Å². The van der Waals surface area contributed by atoms with Crippen LogP contribution in [-0.4, -0.2) is 26.1 Å². The first-order chi connectivity index (χ1) is 10.3. The van der Waals surface area contributed by atoms with Crippen LogP contribution in [0.25, 0.3) is 11.5 Å². The van der Waals surface area contributed by atoms with Gasteiger partial charge in [-0.3, -0.25) is 14.9 Å². The van der Waals surface area contributed by atoms with Crippen LogP contribution in [0.15, 0.2) is 54.7 Å². The number of hydrogen-bond donors (Lipinski definition) is 2. The molecule has 2 aromatic heterocycles. The summed E-state index contributed by atoms with van der Waals surface area (Å²) in [5.74, 6) is 0.950. The minimum absolute atomic E-state index is 0.147. The Labute approximate surface area is 121 Å². The van der Waals surface area contributed by atoms with Crippen LogP contribution in [0.3, 0.4) is 0 Å². The summed E-state index contributed by atoms with van der Waals surface area (Å²) in [6, 6.07) is 14.6. The van der Waals surface area contributed by atoms with Gasteiger partial charge in [0, 0.05) is 11.8 Å². The summed E-state index contributed by atoms with van der Waals surface area (Å²) in [5, 5.41) is 9.67. The first-order valence-electron chi connectivity index (χ1n) is 6.49. The molecule has 2 N–H and O–H groups in total. The zero-order valence-electron chi connectivity index (χ0n) is 11.2. The number of hydrogen-bond acceptors (Lipinski definition) is 4. The molecule has 0 aliphatic carbocycles. The quantitative estimate of drug-likeness (QED) is 0.762. The van der Waals surface area contributed by atoms with Crippen molar-refractivity contribution in [3.05, 3.63) is 66.1 Å². The Morgan fingerprint density at radius 3 is 2.67 bits per heavy atom. The number of rotatable bonds is 4. The molecule has 6 nitrogen and oxygen atoms in total. The Hall–Kier alpha value is -3.02. The van der Waals surface area contributed by atoms with Gasteiger partial charge in [0.2, 0.25) is 0 Å². The minimum Gasteiger partial charge on any atom is -0.345 e. The lowest BCUT2D eigenvalue weighted by molar-refractivity contribution is 0.0950. The standard InChI is InChI=1S/C15H13N5O/c21-15(11-6-2-1-3-7-11)17-10-13-18-14(20-19-13)12-8-4-5-9-16-12/h1-9H,10H2,(H,17,21)(H,18,19,20). The second kappa shape index (κ2) is 5.96. The molecule has 0 aliphatic rings. The van der Waals surface area contributed by atoms with Crippen molar-refractivity contribution in [1.82, 2.24) is 25.5 Å². The van der Waals surface area contributed by atoms with E-state index in [9.17, 15) is 4.79 Å². The molecular weight excluding hydrogens is 266 g/mol. The Morgan fingerprint density at radius 2 is 1.90 bits per heavy atom. The molecule has 0 saturated heterocycles. The van der Waals surface area contributed by atoms with E-state index in [1.807, 2.05) is 36.4 Å². The number of carbonyl (C=O) groups excluding carboxylic acids is 1. The molecule has 21 heavy (non-hydrogen) atoms. The van der Waals surface area contributed by atoms with Gasteiger partial charge in [-0.05, 0) is 24.3 Å². The fourth-order valence-electron chi connectivity index (χ4n) is 1.84. The Bertz CT molecular complexity index is 724. The highest BCUT2D eigenvalue weighted by atomic mass is 16.1. The van der Waals surface area contributed by atoms with Gasteiger partial charge in [-0.2, -0.15) is 5.10 Å². The molecule has 0 bridgehead atoms. The summed E-state index contributed by atoms with van der Waals surface area (Å²) < 4.78 is 0. The van der Waals surface area contributed by atoms with Gasteiger partial charge in [-0.1, -0.05) is 24.3 Å². The molecule has 0 spiro atoms. The van der Waals surface area contributed by atoms with Crippen molar-refractivity contribution < 1.29 is 4.79 Å². The van der Waals surface area contributed by atoms with Crippen LogP contribution in [0, 0.1) is 0 Å². The maximum absolute atomic E-state index is 11.9. The smallest absolute Gasteiger partial charge is 0.251 e. The third-order valence-electron chi connectivity index (χ3n) is 2.88. The van der Waals surface area contributed by atoms with Crippen LogP contribution in [0.2, 0.25) is 0 Å². The van der Waals surface area contributed by atoms with E-state index in [-0.39, 0.29) is 12.5 Å². The molecule has 0 aliphatic heterocycles.